The summed E-state index contributed by atoms with van der Waals surface area (Å²) in [6.45, 7) is 7.24. The molecule has 2 N–H and O–H groups in total. The van der Waals surface area contributed by atoms with Crippen LogP contribution in [0.15, 0.2) is 53.3 Å². The zero-order valence-corrected chi connectivity index (χ0v) is 23.2. The average Bonchev–Trinajstić information content (AvgIpc) is 3.60. The van der Waals surface area contributed by atoms with Crippen molar-refractivity contribution in [1.29, 1.82) is 5.26 Å². The number of carbonyl (C=O) groups is 2. The lowest BCUT2D eigenvalue weighted by Crippen LogP contribution is -2.51. The molecule has 2 aliphatic rings. The highest BCUT2D eigenvalue weighted by atomic mass is 16.5. The van der Waals surface area contributed by atoms with Crippen LogP contribution in [0.1, 0.15) is 71.4 Å². The van der Waals surface area contributed by atoms with Gasteiger partial charge in [0, 0.05) is 11.6 Å². The highest BCUT2D eigenvalue weighted by Crippen LogP contribution is 2.56. The Kier molecular flexibility index (Phi) is 7.19. The maximum atomic E-state index is 13.9. The molecule has 0 radical (unpaired) electrons. The summed E-state index contributed by atoms with van der Waals surface area (Å²) in [5.41, 5.74) is 2.85. The molecule has 1 aliphatic heterocycles. The lowest BCUT2D eigenvalue weighted by Gasteiger charge is -2.35. The first kappa shape index (κ1) is 27.1. The van der Waals surface area contributed by atoms with Crippen LogP contribution in [0.5, 0.6) is 11.5 Å². The van der Waals surface area contributed by atoms with E-state index in [-0.39, 0.29) is 23.7 Å². The number of hydrogen-bond donors (Lipinski definition) is 2. The molecule has 1 saturated carbocycles. The molecule has 0 unspecified atom stereocenters. The van der Waals surface area contributed by atoms with Gasteiger partial charge in [-0.1, -0.05) is 29.8 Å². The number of H-pyrrole nitrogens is 1. The monoisotopic (exact) mass is 539 g/mol. The molecule has 9 heteroatoms. The fraction of sp³-hybridized carbons (Fsp3) is 0.387. The molecule has 2 heterocycles. The van der Waals surface area contributed by atoms with Gasteiger partial charge in [0.25, 0.3) is 5.91 Å². The molecule has 2 amide bonds. The zero-order valence-electron chi connectivity index (χ0n) is 23.2. The molecule has 206 valence electrons. The molecule has 40 heavy (non-hydrogen) atoms. The number of aromatic amines is 1. The lowest BCUT2D eigenvalue weighted by molar-refractivity contribution is -0.137. The summed E-state index contributed by atoms with van der Waals surface area (Å²) in [5.74, 6) is -0.0321. The fourth-order valence-corrected chi connectivity index (χ4v) is 5.67. The third-order valence-corrected chi connectivity index (χ3v) is 7.99. The van der Waals surface area contributed by atoms with Gasteiger partial charge in [-0.3, -0.25) is 14.4 Å². The van der Waals surface area contributed by atoms with E-state index in [9.17, 15) is 19.6 Å². The molecule has 0 spiro atoms. The Bertz CT molecular complexity index is 1570. The SMILES string of the molecule is Cc1cccc([C@@H]2CC[C@H](C3(C#N)CC3)N2C(=O)[C@@H](C)NC(=O)c2ccc(Oc3cc(C)n[nH]c3=O)c(C)c2)c1. The van der Waals surface area contributed by atoms with Gasteiger partial charge in [0.15, 0.2) is 5.75 Å². The van der Waals surface area contributed by atoms with Crippen molar-refractivity contribution in [2.45, 2.75) is 71.5 Å². The molecule has 1 saturated heterocycles. The van der Waals surface area contributed by atoms with Crippen LogP contribution in [0.4, 0.5) is 0 Å². The predicted octanol–water partition coefficient (Wildman–Crippen LogP) is 4.64. The largest absolute Gasteiger partial charge is 0.451 e. The number of nitriles is 1. The number of likely N-dealkylation sites (tertiary alicyclic amines) is 1. The van der Waals surface area contributed by atoms with Crippen LogP contribution in [0, 0.1) is 37.5 Å². The Morgan fingerprint density at radius 3 is 2.58 bits per heavy atom. The maximum Gasteiger partial charge on any atom is 0.307 e. The van der Waals surface area contributed by atoms with Gasteiger partial charge in [-0.25, -0.2) is 5.10 Å². The number of aryl methyl sites for hydroxylation is 3. The van der Waals surface area contributed by atoms with Crippen LogP contribution >= 0.6 is 0 Å². The standard InChI is InChI=1S/C31H33N5O4/c1-18-6-5-7-22(14-18)24-9-11-27(31(17-32)12-13-31)36(24)30(39)21(4)33-28(37)23-8-10-25(19(2)15-23)40-26-16-20(3)34-35-29(26)38/h5-8,10,14-16,21,24,27H,9,11-13H2,1-4H3,(H,33,37)(H,35,38)/t21-,24+,27-/m1/s1. The van der Waals surface area contributed by atoms with E-state index in [1.54, 1.807) is 45.0 Å². The number of benzene rings is 2. The number of hydrogen-bond acceptors (Lipinski definition) is 6. The van der Waals surface area contributed by atoms with Crippen molar-refractivity contribution in [3.05, 3.63) is 86.8 Å². The van der Waals surface area contributed by atoms with Gasteiger partial charge < -0.3 is 15.0 Å². The van der Waals surface area contributed by atoms with Gasteiger partial charge in [-0.05, 0) is 82.7 Å². The maximum absolute atomic E-state index is 13.9. The predicted molar refractivity (Wildman–Crippen MR) is 149 cm³/mol. The van der Waals surface area contributed by atoms with Crippen LogP contribution in [-0.2, 0) is 4.79 Å². The van der Waals surface area contributed by atoms with Crippen LogP contribution < -0.4 is 15.6 Å². The third-order valence-electron chi connectivity index (χ3n) is 7.99. The topological polar surface area (TPSA) is 128 Å². The van der Waals surface area contributed by atoms with Crippen molar-refractivity contribution in [2.75, 3.05) is 0 Å². The van der Waals surface area contributed by atoms with E-state index in [4.69, 9.17) is 4.74 Å². The number of nitrogens with one attached hydrogen (secondary N) is 2. The van der Waals surface area contributed by atoms with Crippen molar-refractivity contribution in [1.82, 2.24) is 20.4 Å². The molecule has 3 atom stereocenters. The molecule has 2 fully saturated rings. The van der Waals surface area contributed by atoms with Crippen molar-refractivity contribution in [3.63, 3.8) is 0 Å². The number of amides is 2. The van der Waals surface area contributed by atoms with Crippen molar-refractivity contribution in [2.24, 2.45) is 5.41 Å². The van der Waals surface area contributed by atoms with Crippen LogP contribution in [0.3, 0.4) is 0 Å². The van der Waals surface area contributed by atoms with E-state index in [0.717, 1.165) is 36.8 Å². The van der Waals surface area contributed by atoms with Gasteiger partial charge in [-0.2, -0.15) is 10.4 Å². The number of ether oxygens (including phenoxy) is 1. The molecule has 1 aromatic heterocycles. The summed E-state index contributed by atoms with van der Waals surface area (Å²) in [6, 6.07) is 16.0. The molecular formula is C31H33N5O4. The third kappa shape index (κ3) is 5.22. The van der Waals surface area contributed by atoms with Crippen LogP contribution in [0.2, 0.25) is 0 Å². The highest BCUT2D eigenvalue weighted by molar-refractivity contribution is 5.98. The molecule has 3 aromatic rings. The Balaban J connectivity index is 1.33. The van der Waals surface area contributed by atoms with Crippen molar-refractivity contribution >= 4 is 11.8 Å². The van der Waals surface area contributed by atoms with Gasteiger partial charge >= 0.3 is 5.56 Å². The van der Waals surface area contributed by atoms with E-state index in [1.807, 2.05) is 30.0 Å². The summed E-state index contributed by atoms with van der Waals surface area (Å²) in [4.78, 5) is 41.0. The first-order valence-electron chi connectivity index (χ1n) is 13.6. The van der Waals surface area contributed by atoms with Gasteiger partial charge in [0.1, 0.15) is 11.8 Å². The highest BCUT2D eigenvalue weighted by Gasteiger charge is 2.57. The second-order valence-corrected chi connectivity index (χ2v) is 11.0. The first-order chi connectivity index (χ1) is 19.1. The summed E-state index contributed by atoms with van der Waals surface area (Å²) < 4.78 is 5.76. The Hall–Kier alpha value is -4.45. The Labute approximate surface area is 233 Å². The average molecular weight is 540 g/mol. The molecule has 1 aliphatic carbocycles. The number of nitrogens with zero attached hydrogens (tertiary/aromatic N) is 3. The normalized spacial score (nSPS) is 19.9. The minimum atomic E-state index is -0.788. The minimum absolute atomic E-state index is 0.112. The van der Waals surface area contributed by atoms with Gasteiger partial charge in [0.2, 0.25) is 5.91 Å². The number of aromatic nitrogens is 2. The second kappa shape index (κ2) is 10.6. The summed E-state index contributed by atoms with van der Waals surface area (Å²) in [7, 11) is 0. The lowest BCUT2D eigenvalue weighted by atomic mass is 9.95. The van der Waals surface area contributed by atoms with E-state index in [0.29, 0.717) is 22.6 Å². The van der Waals surface area contributed by atoms with Crippen molar-refractivity contribution < 1.29 is 14.3 Å². The zero-order chi connectivity index (χ0) is 28.6. The van der Waals surface area contributed by atoms with E-state index in [2.05, 4.69) is 27.6 Å². The molecule has 2 aromatic carbocycles. The summed E-state index contributed by atoms with van der Waals surface area (Å²) in [6.07, 6.45) is 3.12. The first-order valence-corrected chi connectivity index (χ1v) is 13.6. The minimum Gasteiger partial charge on any atom is -0.451 e. The smallest absolute Gasteiger partial charge is 0.307 e. The van der Waals surface area contributed by atoms with E-state index < -0.39 is 22.9 Å². The summed E-state index contributed by atoms with van der Waals surface area (Å²) in [5, 5.41) is 19.0. The van der Waals surface area contributed by atoms with Gasteiger partial charge in [-0.15, -0.1) is 0 Å². The fourth-order valence-electron chi connectivity index (χ4n) is 5.67. The molecular weight excluding hydrogens is 506 g/mol. The Morgan fingerprint density at radius 1 is 1.12 bits per heavy atom. The quantitative estimate of drug-likeness (QED) is 0.450. The molecule has 0 bridgehead atoms. The van der Waals surface area contributed by atoms with E-state index in [1.165, 1.54) is 0 Å². The molecule has 9 nitrogen and oxygen atoms in total. The van der Waals surface area contributed by atoms with Crippen molar-refractivity contribution in [3.8, 4) is 17.6 Å². The van der Waals surface area contributed by atoms with Gasteiger partial charge in [0.05, 0.1) is 29.3 Å². The second-order valence-electron chi connectivity index (χ2n) is 11.0. The van der Waals surface area contributed by atoms with Crippen LogP contribution in [0.25, 0.3) is 0 Å². The number of carbonyl (C=O) groups excluding carboxylic acids is 2. The Morgan fingerprint density at radius 2 is 1.90 bits per heavy atom. The van der Waals surface area contributed by atoms with E-state index >= 15 is 0 Å². The van der Waals surface area contributed by atoms with Crippen LogP contribution in [-0.4, -0.2) is 39.0 Å². The summed E-state index contributed by atoms with van der Waals surface area (Å²) >= 11 is 0. The number of rotatable bonds is 7. The molecule has 5 rings (SSSR count).